The zero-order chi connectivity index (χ0) is 13.9. The lowest BCUT2D eigenvalue weighted by Gasteiger charge is -2.32. The molecule has 102 valence electrons. The van der Waals surface area contributed by atoms with Crippen LogP contribution in [-0.4, -0.2) is 51.6 Å². The van der Waals surface area contributed by atoms with Gasteiger partial charge in [-0.15, -0.1) is 0 Å². The molecule has 1 saturated carbocycles. The average molecular weight is 264 g/mol. The van der Waals surface area contributed by atoms with Crippen LogP contribution in [0.2, 0.25) is 0 Å². The Morgan fingerprint density at radius 1 is 0.944 bits per heavy atom. The second-order valence-corrected chi connectivity index (χ2v) is 3.87. The number of hydrogen-bond donors (Lipinski definition) is 3. The van der Waals surface area contributed by atoms with Crippen LogP contribution in [0, 0.1) is 0 Å². The smallest absolute Gasteiger partial charge is 0.450 e. The highest BCUT2D eigenvalue weighted by Crippen LogP contribution is 2.38. The van der Waals surface area contributed by atoms with Gasteiger partial charge in [-0.1, -0.05) is 0 Å². The standard InChI is InChI=1S/C9H12O9/c1-9(18-8(14)15)4(16-6(10)11)2-3-5(9)17-7(12)13/h4-5H,2-3H2,1H3,(H,10,11)(H,12,13)(H,14,15). The minimum Gasteiger partial charge on any atom is -0.450 e. The molecule has 0 heterocycles. The van der Waals surface area contributed by atoms with E-state index in [1.165, 1.54) is 6.92 Å². The van der Waals surface area contributed by atoms with Gasteiger partial charge < -0.3 is 29.5 Å². The normalized spacial score (nSPS) is 30.5. The van der Waals surface area contributed by atoms with Crippen molar-refractivity contribution in [3.63, 3.8) is 0 Å². The van der Waals surface area contributed by atoms with Crippen molar-refractivity contribution in [1.29, 1.82) is 0 Å². The number of hydrogen-bond acceptors (Lipinski definition) is 6. The molecule has 0 bridgehead atoms. The molecule has 2 atom stereocenters. The Morgan fingerprint density at radius 2 is 1.33 bits per heavy atom. The largest absolute Gasteiger partial charge is 0.506 e. The summed E-state index contributed by atoms with van der Waals surface area (Å²) in [4.78, 5) is 31.5. The summed E-state index contributed by atoms with van der Waals surface area (Å²) in [5.74, 6) is 0. The molecule has 1 rings (SSSR count). The monoisotopic (exact) mass is 264 g/mol. The summed E-state index contributed by atoms with van der Waals surface area (Å²) in [5.41, 5.74) is -1.69. The molecule has 1 aliphatic rings. The average Bonchev–Trinajstić information content (AvgIpc) is 2.43. The lowest BCUT2D eigenvalue weighted by Crippen LogP contribution is -2.50. The van der Waals surface area contributed by atoms with Crippen molar-refractivity contribution in [2.75, 3.05) is 0 Å². The van der Waals surface area contributed by atoms with Crippen LogP contribution in [0.25, 0.3) is 0 Å². The third kappa shape index (κ3) is 2.93. The lowest BCUT2D eigenvalue weighted by atomic mass is 10.00. The van der Waals surface area contributed by atoms with Crippen LogP contribution in [0.15, 0.2) is 0 Å². The van der Waals surface area contributed by atoms with Crippen LogP contribution in [0.4, 0.5) is 14.4 Å². The van der Waals surface area contributed by atoms with E-state index in [9.17, 15) is 14.4 Å². The molecule has 3 N–H and O–H groups in total. The van der Waals surface area contributed by atoms with E-state index in [2.05, 4.69) is 14.2 Å². The molecule has 0 aromatic rings. The predicted molar refractivity (Wildman–Crippen MR) is 52.5 cm³/mol. The van der Waals surface area contributed by atoms with Crippen molar-refractivity contribution in [3.05, 3.63) is 0 Å². The van der Waals surface area contributed by atoms with Crippen LogP contribution in [-0.2, 0) is 14.2 Å². The first kappa shape index (κ1) is 13.9. The molecule has 2 unspecified atom stereocenters. The van der Waals surface area contributed by atoms with Gasteiger partial charge in [0.2, 0.25) is 0 Å². The predicted octanol–water partition coefficient (Wildman–Crippen LogP) is 1.36. The van der Waals surface area contributed by atoms with Crippen molar-refractivity contribution >= 4 is 18.5 Å². The van der Waals surface area contributed by atoms with Crippen molar-refractivity contribution in [3.8, 4) is 0 Å². The maximum Gasteiger partial charge on any atom is 0.506 e. The minimum absolute atomic E-state index is 0.105. The first-order chi connectivity index (χ1) is 8.25. The van der Waals surface area contributed by atoms with Gasteiger partial charge in [0.15, 0.2) is 5.60 Å². The first-order valence-corrected chi connectivity index (χ1v) is 4.96. The molecule has 9 nitrogen and oxygen atoms in total. The molecular formula is C9H12O9. The maximum atomic E-state index is 10.6. The highest BCUT2D eigenvalue weighted by atomic mass is 16.7. The Labute approximate surface area is 101 Å². The topological polar surface area (TPSA) is 140 Å². The summed E-state index contributed by atoms with van der Waals surface area (Å²) in [6, 6.07) is 0. The van der Waals surface area contributed by atoms with Crippen LogP contribution < -0.4 is 0 Å². The fourth-order valence-electron chi connectivity index (χ4n) is 2.00. The van der Waals surface area contributed by atoms with Gasteiger partial charge in [0.25, 0.3) is 0 Å². The molecule has 0 amide bonds. The van der Waals surface area contributed by atoms with Crippen LogP contribution in [0.3, 0.4) is 0 Å². The summed E-state index contributed by atoms with van der Waals surface area (Å²) in [6.07, 6.45) is -6.89. The van der Waals surface area contributed by atoms with Gasteiger partial charge in [-0.05, 0) is 19.8 Å². The summed E-state index contributed by atoms with van der Waals surface area (Å²) < 4.78 is 13.6. The number of rotatable bonds is 3. The number of ether oxygens (including phenoxy) is 3. The lowest BCUT2D eigenvalue weighted by molar-refractivity contribution is -0.129. The van der Waals surface area contributed by atoms with Crippen LogP contribution in [0.5, 0.6) is 0 Å². The van der Waals surface area contributed by atoms with E-state index in [0.717, 1.165) is 0 Å². The Bertz CT molecular complexity index is 339. The van der Waals surface area contributed by atoms with Gasteiger partial charge in [-0.25, -0.2) is 14.4 Å². The second-order valence-electron chi connectivity index (χ2n) is 3.87. The molecule has 0 radical (unpaired) electrons. The molecule has 0 saturated heterocycles. The van der Waals surface area contributed by atoms with E-state index in [1.54, 1.807) is 0 Å². The fraction of sp³-hybridized carbons (Fsp3) is 0.667. The molecule has 1 aliphatic carbocycles. The van der Waals surface area contributed by atoms with Gasteiger partial charge in [-0.2, -0.15) is 0 Å². The highest BCUT2D eigenvalue weighted by molar-refractivity contribution is 5.60. The fourth-order valence-corrected chi connectivity index (χ4v) is 2.00. The van der Waals surface area contributed by atoms with Gasteiger partial charge in [-0.3, -0.25) is 0 Å². The number of carboxylic acid groups (broad SMARTS) is 3. The van der Waals surface area contributed by atoms with Crippen molar-refractivity contribution in [1.82, 2.24) is 0 Å². The Balaban J connectivity index is 2.90. The summed E-state index contributed by atoms with van der Waals surface area (Å²) >= 11 is 0. The van der Waals surface area contributed by atoms with Gasteiger partial charge in [0, 0.05) is 0 Å². The molecule has 18 heavy (non-hydrogen) atoms. The van der Waals surface area contributed by atoms with Crippen LogP contribution in [0.1, 0.15) is 19.8 Å². The second kappa shape index (κ2) is 4.98. The molecule has 9 heteroatoms. The molecule has 0 aromatic carbocycles. The quantitative estimate of drug-likeness (QED) is 0.508. The van der Waals surface area contributed by atoms with Crippen molar-refractivity contribution in [2.45, 2.75) is 37.6 Å². The van der Waals surface area contributed by atoms with E-state index in [4.69, 9.17) is 15.3 Å². The van der Waals surface area contributed by atoms with Gasteiger partial charge >= 0.3 is 18.5 Å². The summed E-state index contributed by atoms with van der Waals surface area (Å²) in [5, 5.41) is 25.7. The first-order valence-electron chi connectivity index (χ1n) is 4.96. The van der Waals surface area contributed by atoms with E-state index in [0.29, 0.717) is 0 Å². The third-order valence-corrected chi connectivity index (χ3v) is 2.76. The molecule has 0 aromatic heterocycles. The SMILES string of the molecule is CC1(OC(=O)O)C(OC(=O)O)CCC1OC(=O)O. The third-order valence-electron chi connectivity index (χ3n) is 2.76. The van der Waals surface area contributed by atoms with E-state index < -0.39 is 36.3 Å². The van der Waals surface area contributed by atoms with Crippen LogP contribution >= 0.6 is 0 Å². The molecule has 1 fully saturated rings. The molecule has 0 spiro atoms. The molecule has 0 aliphatic heterocycles. The Hall–Kier alpha value is -2.19. The maximum absolute atomic E-state index is 10.6. The summed E-state index contributed by atoms with van der Waals surface area (Å²) in [6.45, 7) is 1.23. The van der Waals surface area contributed by atoms with Gasteiger partial charge in [0.05, 0.1) is 0 Å². The van der Waals surface area contributed by atoms with Gasteiger partial charge in [0.1, 0.15) is 12.2 Å². The zero-order valence-electron chi connectivity index (χ0n) is 9.36. The zero-order valence-corrected chi connectivity index (χ0v) is 9.36. The molecular weight excluding hydrogens is 252 g/mol. The van der Waals surface area contributed by atoms with Crippen molar-refractivity contribution in [2.24, 2.45) is 0 Å². The van der Waals surface area contributed by atoms with E-state index in [-0.39, 0.29) is 12.8 Å². The van der Waals surface area contributed by atoms with E-state index >= 15 is 0 Å². The van der Waals surface area contributed by atoms with Crippen molar-refractivity contribution < 1.29 is 43.9 Å². The number of carbonyl (C=O) groups is 3. The summed E-state index contributed by atoms with van der Waals surface area (Å²) in [7, 11) is 0. The minimum atomic E-state index is -1.69. The van der Waals surface area contributed by atoms with E-state index in [1.807, 2.05) is 0 Å². The highest BCUT2D eigenvalue weighted by Gasteiger charge is 2.55. The Morgan fingerprint density at radius 3 is 1.61 bits per heavy atom. The Kier molecular flexibility index (Phi) is 3.84.